The Balaban J connectivity index is 2.40. The van der Waals surface area contributed by atoms with E-state index in [-0.39, 0.29) is 5.41 Å². The Bertz CT molecular complexity index is 456. The predicted molar refractivity (Wildman–Crippen MR) is 71.8 cm³/mol. The minimum Gasteiger partial charge on any atom is -0.294 e. The van der Waals surface area contributed by atoms with Crippen molar-refractivity contribution in [3.63, 3.8) is 0 Å². The third-order valence-corrected chi connectivity index (χ3v) is 4.41. The van der Waals surface area contributed by atoms with Crippen LogP contribution in [0.4, 0.5) is 0 Å². The van der Waals surface area contributed by atoms with Gasteiger partial charge in [0.15, 0.2) is 5.78 Å². The van der Waals surface area contributed by atoms with Crippen LogP contribution in [0.2, 0.25) is 5.02 Å². The molecule has 1 nitrogen and oxygen atoms in total. The average Bonchev–Trinajstić information content (AvgIpc) is 2.71. The monoisotopic (exact) mass is 250 g/mol. The lowest BCUT2D eigenvalue weighted by atomic mass is 9.79. The standard InChI is InChI=1S/C15H19ClO/c1-10-9-13(16)11(2)8-12(10)14(17)15(3)6-4-5-7-15/h8-9H,4-7H2,1-3H3. The van der Waals surface area contributed by atoms with Gasteiger partial charge in [0.05, 0.1) is 0 Å². The highest BCUT2D eigenvalue weighted by Crippen LogP contribution is 2.41. The number of aryl methyl sites for hydroxylation is 2. The molecule has 0 heterocycles. The van der Waals surface area contributed by atoms with Gasteiger partial charge in [-0.25, -0.2) is 0 Å². The first-order valence-electron chi connectivity index (χ1n) is 6.25. The fourth-order valence-corrected chi connectivity index (χ4v) is 2.95. The highest BCUT2D eigenvalue weighted by molar-refractivity contribution is 6.31. The molecule has 0 atom stereocenters. The van der Waals surface area contributed by atoms with Crippen molar-refractivity contribution in [2.24, 2.45) is 5.41 Å². The van der Waals surface area contributed by atoms with Gasteiger partial charge in [0.1, 0.15) is 0 Å². The van der Waals surface area contributed by atoms with Crippen LogP contribution in [-0.2, 0) is 0 Å². The van der Waals surface area contributed by atoms with E-state index in [1.165, 1.54) is 12.8 Å². The van der Waals surface area contributed by atoms with Crippen molar-refractivity contribution in [1.82, 2.24) is 0 Å². The molecule has 0 bridgehead atoms. The molecule has 0 radical (unpaired) electrons. The first-order chi connectivity index (χ1) is 7.94. The van der Waals surface area contributed by atoms with Gasteiger partial charge in [-0.05, 0) is 49.9 Å². The molecule has 2 rings (SSSR count). The Kier molecular flexibility index (Phi) is 3.31. The van der Waals surface area contributed by atoms with Gasteiger partial charge in [-0.3, -0.25) is 4.79 Å². The molecule has 1 saturated carbocycles. The summed E-state index contributed by atoms with van der Waals surface area (Å²) < 4.78 is 0. The third kappa shape index (κ3) is 2.26. The van der Waals surface area contributed by atoms with Gasteiger partial charge in [0.25, 0.3) is 0 Å². The van der Waals surface area contributed by atoms with Crippen molar-refractivity contribution >= 4 is 17.4 Å². The molecule has 1 fully saturated rings. The zero-order chi connectivity index (χ0) is 12.6. The number of rotatable bonds is 2. The second-order valence-corrected chi connectivity index (χ2v) is 5.92. The van der Waals surface area contributed by atoms with Gasteiger partial charge in [-0.15, -0.1) is 0 Å². The van der Waals surface area contributed by atoms with E-state index >= 15 is 0 Å². The Morgan fingerprint density at radius 3 is 2.35 bits per heavy atom. The lowest BCUT2D eigenvalue weighted by Crippen LogP contribution is -2.25. The van der Waals surface area contributed by atoms with E-state index in [0.29, 0.717) is 5.78 Å². The molecule has 1 aliphatic rings. The SMILES string of the molecule is Cc1cc(C(=O)C2(C)CCCC2)c(C)cc1Cl. The van der Waals surface area contributed by atoms with Crippen LogP contribution in [0.1, 0.15) is 54.1 Å². The van der Waals surface area contributed by atoms with Crippen LogP contribution >= 0.6 is 11.6 Å². The number of carbonyl (C=O) groups is 1. The van der Waals surface area contributed by atoms with Crippen molar-refractivity contribution < 1.29 is 4.79 Å². The zero-order valence-electron chi connectivity index (χ0n) is 10.8. The minimum atomic E-state index is -0.148. The summed E-state index contributed by atoms with van der Waals surface area (Å²) >= 11 is 6.07. The van der Waals surface area contributed by atoms with Crippen LogP contribution in [0, 0.1) is 19.3 Å². The molecule has 1 aromatic carbocycles. The molecule has 0 aromatic heterocycles. The number of hydrogen-bond donors (Lipinski definition) is 0. The van der Waals surface area contributed by atoms with Gasteiger partial charge in [0.2, 0.25) is 0 Å². The maximum absolute atomic E-state index is 12.6. The number of ketones is 1. The summed E-state index contributed by atoms with van der Waals surface area (Å²) in [5, 5.41) is 0.746. The lowest BCUT2D eigenvalue weighted by molar-refractivity contribution is 0.0822. The Labute approximate surface area is 108 Å². The Morgan fingerprint density at radius 1 is 1.18 bits per heavy atom. The summed E-state index contributed by atoms with van der Waals surface area (Å²) in [5.74, 6) is 0.298. The van der Waals surface area contributed by atoms with E-state index in [4.69, 9.17) is 11.6 Å². The van der Waals surface area contributed by atoms with Crippen molar-refractivity contribution in [3.05, 3.63) is 33.8 Å². The quantitative estimate of drug-likeness (QED) is 0.694. The maximum atomic E-state index is 12.6. The van der Waals surface area contributed by atoms with Gasteiger partial charge in [-0.2, -0.15) is 0 Å². The molecule has 17 heavy (non-hydrogen) atoms. The Hall–Kier alpha value is -0.820. The molecule has 1 aliphatic carbocycles. The molecule has 0 aliphatic heterocycles. The van der Waals surface area contributed by atoms with E-state index < -0.39 is 0 Å². The summed E-state index contributed by atoms with van der Waals surface area (Å²) in [6.45, 7) is 6.03. The molecule has 92 valence electrons. The number of halogens is 1. The van der Waals surface area contributed by atoms with Crippen molar-refractivity contribution in [1.29, 1.82) is 0 Å². The topological polar surface area (TPSA) is 17.1 Å². The maximum Gasteiger partial charge on any atom is 0.168 e. The molecular weight excluding hydrogens is 232 g/mol. The normalized spacial score (nSPS) is 18.4. The second-order valence-electron chi connectivity index (χ2n) is 5.51. The minimum absolute atomic E-state index is 0.148. The molecule has 2 heteroatoms. The van der Waals surface area contributed by atoms with Gasteiger partial charge >= 0.3 is 0 Å². The lowest BCUT2D eigenvalue weighted by Gasteiger charge is -2.23. The number of hydrogen-bond acceptors (Lipinski definition) is 1. The van der Waals surface area contributed by atoms with Gasteiger partial charge in [-0.1, -0.05) is 31.4 Å². The highest BCUT2D eigenvalue weighted by atomic mass is 35.5. The Morgan fingerprint density at radius 2 is 1.76 bits per heavy atom. The summed E-state index contributed by atoms with van der Waals surface area (Å²) in [7, 11) is 0. The van der Waals surface area contributed by atoms with Crippen molar-refractivity contribution in [2.75, 3.05) is 0 Å². The molecule has 0 N–H and O–H groups in total. The van der Waals surface area contributed by atoms with E-state index in [0.717, 1.165) is 34.6 Å². The highest BCUT2D eigenvalue weighted by Gasteiger charge is 2.37. The van der Waals surface area contributed by atoms with Crippen LogP contribution in [-0.4, -0.2) is 5.78 Å². The predicted octanol–water partition coefficient (Wildman–Crippen LogP) is 4.72. The van der Waals surface area contributed by atoms with E-state index in [9.17, 15) is 4.79 Å². The van der Waals surface area contributed by atoms with Crippen LogP contribution in [0.25, 0.3) is 0 Å². The number of carbonyl (C=O) groups excluding carboxylic acids is 1. The molecule has 1 aromatic rings. The van der Waals surface area contributed by atoms with Crippen molar-refractivity contribution in [2.45, 2.75) is 46.5 Å². The van der Waals surface area contributed by atoms with Crippen LogP contribution in [0.15, 0.2) is 12.1 Å². The van der Waals surface area contributed by atoms with Crippen LogP contribution in [0.5, 0.6) is 0 Å². The summed E-state index contributed by atoms with van der Waals surface area (Å²) in [6.07, 6.45) is 4.39. The molecule has 0 saturated heterocycles. The third-order valence-electron chi connectivity index (χ3n) is 4.01. The van der Waals surface area contributed by atoms with Gasteiger partial charge in [0, 0.05) is 16.0 Å². The summed E-state index contributed by atoms with van der Waals surface area (Å²) in [5.41, 5.74) is 2.70. The van der Waals surface area contributed by atoms with Crippen molar-refractivity contribution in [3.8, 4) is 0 Å². The largest absolute Gasteiger partial charge is 0.294 e. The smallest absolute Gasteiger partial charge is 0.168 e. The zero-order valence-corrected chi connectivity index (χ0v) is 11.5. The summed E-state index contributed by atoms with van der Waals surface area (Å²) in [6, 6.07) is 3.85. The van der Waals surface area contributed by atoms with Crippen LogP contribution in [0.3, 0.4) is 0 Å². The first-order valence-corrected chi connectivity index (χ1v) is 6.63. The van der Waals surface area contributed by atoms with E-state index in [2.05, 4.69) is 6.92 Å². The first kappa shape index (κ1) is 12.6. The van der Waals surface area contributed by atoms with E-state index in [1.807, 2.05) is 26.0 Å². The molecule has 0 spiro atoms. The molecule has 0 unspecified atom stereocenters. The molecule has 0 amide bonds. The van der Waals surface area contributed by atoms with Crippen LogP contribution < -0.4 is 0 Å². The average molecular weight is 251 g/mol. The van der Waals surface area contributed by atoms with E-state index in [1.54, 1.807) is 0 Å². The number of Topliss-reactive ketones (excluding diaryl/α,β-unsaturated/α-hetero) is 1. The second kappa shape index (κ2) is 4.45. The fourth-order valence-electron chi connectivity index (χ4n) is 2.73. The van der Waals surface area contributed by atoms with Gasteiger partial charge < -0.3 is 0 Å². The number of benzene rings is 1. The fraction of sp³-hybridized carbons (Fsp3) is 0.533. The molecular formula is C15H19ClO. The summed E-state index contributed by atoms with van der Waals surface area (Å²) in [4.78, 5) is 12.6.